The lowest BCUT2D eigenvalue weighted by Crippen LogP contribution is -2.43. The molecule has 2 aliphatic rings. The van der Waals surface area contributed by atoms with Crippen molar-refractivity contribution in [3.05, 3.63) is 34.5 Å². The van der Waals surface area contributed by atoms with Crippen molar-refractivity contribution in [2.24, 2.45) is 5.92 Å². The molecular weight excluding hydrogens is 320 g/mol. The Morgan fingerprint density at radius 2 is 2.30 bits per heavy atom. The monoisotopic (exact) mass is 334 g/mol. The maximum absolute atomic E-state index is 12.3. The van der Waals surface area contributed by atoms with Crippen molar-refractivity contribution < 1.29 is 9.21 Å². The quantitative estimate of drug-likeness (QED) is 0.918. The Kier molecular flexibility index (Phi) is 2.86. The van der Waals surface area contributed by atoms with Crippen LogP contribution < -0.4 is 5.32 Å². The molecule has 2 saturated heterocycles. The number of carbonyl (C=O) groups is 1. The first kappa shape index (κ1) is 12.4. The Labute approximate surface area is 125 Å². The molecule has 1 N–H and O–H groups in total. The van der Waals surface area contributed by atoms with E-state index >= 15 is 0 Å². The van der Waals surface area contributed by atoms with Gasteiger partial charge in [-0.1, -0.05) is 0 Å². The second kappa shape index (κ2) is 4.60. The van der Waals surface area contributed by atoms with E-state index in [1.165, 1.54) is 13.0 Å². The van der Waals surface area contributed by atoms with Gasteiger partial charge in [0.05, 0.1) is 4.47 Å². The van der Waals surface area contributed by atoms with Crippen LogP contribution in [-0.2, 0) is 0 Å². The van der Waals surface area contributed by atoms with E-state index in [0.29, 0.717) is 17.5 Å². The fourth-order valence-corrected chi connectivity index (χ4v) is 3.76. The number of nitrogens with zero attached hydrogens (tertiary/aromatic N) is 1. The van der Waals surface area contributed by atoms with Gasteiger partial charge in [-0.2, -0.15) is 0 Å². The van der Waals surface area contributed by atoms with Crippen LogP contribution >= 0.6 is 15.9 Å². The number of halogens is 1. The van der Waals surface area contributed by atoms with E-state index in [-0.39, 0.29) is 5.91 Å². The first-order valence-electron chi connectivity index (χ1n) is 6.91. The zero-order valence-electron chi connectivity index (χ0n) is 10.9. The van der Waals surface area contributed by atoms with Gasteiger partial charge in [-0.15, -0.1) is 0 Å². The van der Waals surface area contributed by atoms with Crippen LogP contribution in [0.5, 0.6) is 0 Å². The Balaban J connectivity index is 1.54. The molecule has 5 heteroatoms. The zero-order valence-corrected chi connectivity index (χ0v) is 12.5. The molecule has 20 heavy (non-hydrogen) atoms. The number of piperidine rings is 1. The molecule has 1 aromatic heterocycles. The first-order chi connectivity index (χ1) is 9.70. The number of fused-ring (bicyclic) bond motifs is 3. The highest BCUT2D eigenvalue weighted by Gasteiger charge is 2.38. The molecule has 2 fully saturated rings. The van der Waals surface area contributed by atoms with Crippen molar-refractivity contribution in [2.45, 2.75) is 12.5 Å². The molecule has 0 saturated carbocycles. The summed E-state index contributed by atoms with van der Waals surface area (Å²) in [6.07, 6.45) is 2.85. The standard InChI is InChI=1S/C15H15BrN2O2/c16-12-8-20-14-5-9(1-2-11(12)14)15(19)17-13-7-18-4-3-10(13)6-18/h1-2,5,8,10,13H,3-4,6-7H2,(H,17,19)/t10-,13?/m0/s1. The predicted molar refractivity (Wildman–Crippen MR) is 79.7 cm³/mol. The van der Waals surface area contributed by atoms with E-state index in [0.717, 1.165) is 28.5 Å². The summed E-state index contributed by atoms with van der Waals surface area (Å²) >= 11 is 3.42. The van der Waals surface area contributed by atoms with Gasteiger partial charge in [0.15, 0.2) is 0 Å². The molecule has 3 heterocycles. The lowest BCUT2D eigenvalue weighted by Gasteiger charge is -2.23. The Morgan fingerprint density at radius 3 is 3.05 bits per heavy atom. The normalized spacial score (nSPS) is 28.1. The smallest absolute Gasteiger partial charge is 0.251 e. The molecule has 2 aromatic rings. The van der Waals surface area contributed by atoms with Gasteiger partial charge in [0.2, 0.25) is 0 Å². The van der Waals surface area contributed by atoms with Crippen molar-refractivity contribution in [1.82, 2.24) is 10.2 Å². The first-order valence-corrected chi connectivity index (χ1v) is 7.70. The topological polar surface area (TPSA) is 45.5 Å². The van der Waals surface area contributed by atoms with Crippen LogP contribution in [0, 0.1) is 5.92 Å². The molecule has 0 aliphatic carbocycles. The van der Waals surface area contributed by atoms with Crippen LogP contribution in [0.25, 0.3) is 11.0 Å². The number of hydrogen-bond acceptors (Lipinski definition) is 3. The number of benzene rings is 1. The minimum Gasteiger partial charge on any atom is -0.463 e. The summed E-state index contributed by atoms with van der Waals surface area (Å²) in [4.78, 5) is 14.8. The summed E-state index contributed by atoms with van der Waals surface area (Å²) in [6, 6.07) is 5.88. The van der Waals surface area contributed by atoms with Crippen molar-refractivity contribution in [3.63, 3.8) is 0 Å². The third-order valence-electron chi connectivity index (χ3n) is 4.44. The SMILES string of the molecule is O=C(NC1CN2CC[C@H]1C2)c1ccc2c(Br)coc2c1. The number of furan rings is 1. The lowest BCUT2D eigenvalue weighted by molar-refractivity contribution is 0.0924. The molecule has 2 bridgehead atoms. The highest BCUT2D eigenvalue weighted by molar-refractivity contribution is 9.10. The molecule has 3 atom stereocenters. The largest absolute Gasteiger partial charge is 0.463 e. The number of amides is 1. The summed E-state index contributed by atoms with van der Waals surface area (Å²) in [5.41, 5.74) is 1.40. The van der Waals surface area contributed by atoms with Crippen LogP contribution in [0.3, 0.4) is 0 Å². The van der Waals surface area contributed by atoms with Crippen molar-refractivity contribution in [2.75, 3.05) is 19.6 Å². The molecule has 0 spiro atoms. The van der Waals surface area contributed by atoms with Crippen LogP contribution in [0.15, 0.2) is 33.4 Å². The molecule has 104 valence electrons. The molecule has 2 unspecified atom stereocenters. The van der Waals surface area contributed by atoms with Gasteiger partial charge in [-0.05, 0) is 53.0 Å². The summed E-state index contributed by atoms with van der Waals surface area (Å²) in [7, 11) is 0. The Bertz CT molecular complexity index is 682. The summed E-state index contributed by atoms with van der Waals surface area (Å²) < 4.78 is 6.34. The second-order valence-corrected chi connectivity index (χ2v) is 6.54. The van der Waals surface area contributed by atoms with Gasteiger partial charge in [0.1, 0.15) is 11.8 Å². The molecule has 0 radical (unpaired) electrons. The van der Waals surface area contributed by atoms with Crippen molar-refractivity contribution in [3.8, 4) is 0 Å². The van der Waals surface area contributed by atoms with Crippen molar-refractivity contribution in [1.29, 1.82) is 0 Å². The van der Waals surface area contributed by atoms with E-state index in [1.807, 2.05) is 18.2 Å². The minimum absolute atomic E-state index is 0.00169. The van der Waals surface area contributed by atoms with Crippen LogP contribution in [0.1, 0.15) is 16.8 Å². The molecule has 1 amide bonds. The van der Waals surface area contributed by atoms with Gasteiger partial charge in [0.25, 0.3) is 5.91 Å². The van der Waals surface area contributed by atoms with E-state index in [1.54, 1.807) is 6.26 Å². The van der Waals surface area contributed by atoms with Gasteiger partial charge in [0, 0.05) is 30.1 Å². The summed E-state index contributed by atoms with van der Waals surface area (Å²) in [6.45, 7) is 3.31. The third-order valence-corrected chi connectivity index (χ3v) is 5.05. The third kappa shape index (κ3) is 1.96. The molecule has 2 aliphatic heterocycles. The average molecular weight is 335 g/mol. The fourth-order valence-electron chi connectivity index (χ4n) is 3.34. The number of hydrogen-bond donors (Lipinski definition) is 1. The lowest BCUT2D eigenvalue weighted by atomic mass is 9.99. The maximum Gasteiger partial charge on any atom is 0.251 e. The summed E-state index contributed by atoms with van der Waals surface area (Å²) in [5.74, 6) is 0.624. The van der Waals surface area contributed by atoms with Gasteiger partial charge in [-0.3, -0.25) is 4.79 Å². The van der Waals surface area contributed by atoms with E-state index in [4.69, 9.17) is 4.42 Å². The summed E-state index contributed by atoms with van der Waals surface area (Å²) in [5, 5.41) is 4.16. The molecular formula is C15H15BrN2O2. The van der Waals surface area contributed by atoms with Gasteiger partial charge < -0.3 is 14.6 Å². The highest BCUT2D eigenvalue weighted by Crippen LogP contribution is 2.29. The Morgan fingerprint density at radius 1 is 1.40 bits per heavy atom. The van der Waals surface area contributed by atoms with Crippen LogP contribution in [0.4, 0.5) is 0 Å². The van der Waals surface area contributed by atoms with E-state index < -0.39 is 0 Å². The van der Waals surface area contributed by atoms with Crippen LogP contribution in [0.2, 0.25) is 0 Å². The molecule has 1 aromatic carbocycles. The number of rotatable bonds is 2. The zero-order chi connectivity index (χ0) is 13.7. The van der Waals surface area contributed by atoms with Crippen molar-refractivity contribution >= 4 is 32.8 Å². The predicted octanol–water partition coefficient (Wildman–Crippen LogP) is 2.63. The molecule has 4 nitrogen and oxygen atoms in total. The maximum atomic E-state index is 12.3. The highest BCUT2D eigenvalue weighted by atomic mass is 79.9. The van der Waals surface area contributed by atoms with E-state index in [9.17, 15) is 4.79 Å². The fraction of sp³-hybridized carbons (Fsp3) is 0.400. The number of nitrogens with one attached hydrogen (secondary N) is 1. The van der Waals surface area contributed by atoms with Gasteiger partial charge in [-0.25, -0.2) is 0 Å². The number of carbonyl (C=O) groups excluding carboxylic acids is 1. The molecule has 4 rings (SSSR count). The van der Waals surface area contributed by atoms with E-state index in [2.05, 4.69) is 26.1 Å². The Hall–Kier alpha value is -1.33. The van der Waals surface area contributed by atoms with Gasteiger partial charge >= 0.3 is 0 Å². The second-order valence-electron chi connectivity index (χ2n) is 5.68. The average Bonchev–Trinajstić information content (AvgIpc) is 3.14. The minimum atomic E-state index is -0.00169. The van der Waals surface area contributed by atoms with Crippen LogP contribution in [-0.4, -0.2) is 36.5 Å².